The van der Waals surface area contributed by atoms with Crippen molar-refractivity contribution in [2.24, 2.45) is 0 Å². The van der Waals surface area contributed by atoms with Crippen molar-refractivity contribution in [1.82, 2.24) is 5.32 Å². The van der Waals surface area contributed by atoms with E-state index >= 15 is 0 Å². The van der Waals surface area contributed by atoms with Crippen LogP contribution in [0.4, 0.5) is 0 Å². The normalized spacial score (nSPS) is 11.9. The summed E-state index contributed by atoms with van der Waals surface area (Å²) in [5.41, 5.74) is 0.565. The lowest BCUT2D eigenvalue weighted by Crippen LogP contribution is -2.36. The number of rotatable bonds is 7. The number of halogens is 1. The lowest BCUT2D eigenvalue weighted by Gasteiger charge is -2.17. The van der Waals surface area contributed by atoms with Gasteiger partial charge in [-0.15, -0.1) is 6.58 Å². The summed E-state index contributed by atoms with van der Waals surface area (Å²) < 4.78 is 6.27. The van der Waals surface area contributed by atoms with E-state index in [1.165, 1.54) is 6.08 Å². The highest BCUT2D eigenvalue weighted by atomic mass is 79.9. The molecule has 0 aliphatic heterocycles. The van der Waals surface area contributed by atoms with Crippen molar-refractivity contribution in [3.8, 4) is 5.75 Å². The van der Waals surface area contributed by atoms with Gasteiger partial charge in [0.05, 0.1) is 4.47 Å². The van der Waals surface area contributed by atoms with Gasteiger partial charge in [0.1, 0.15) is 5.75 Å². The second-order valence-electron chi connectivity index (χ2n) is 4.12. The Labute approximate surface area is 131 Å². The van der Waals surface area contributed by atoms with E-state index in [9.17, 15) is 9.59 Å². The van der Waals surface area contributed by atoms with Crippen molar-refractivity contribution >= 4 is 33.9 Å². The zero-order chi connectivity index (χ0) is 15.8. The molecule has 1 amide bonds. The number of nitrogens with one attached hydrogen (secondary N) is 1. The van der Waals surface area contributed by atoms with Crippen LogP contribution in [0.2, 0.25) is 0 Å². The molecule has 0 heterocycles. The van der Waals surface area contributed by atoms with Crippen LogP contribution in [-0.4, -0.2) is 29.6 Å². The molecule has 0 radical (unpaired) electrons. The van der Waals surface area contributed by atoms with Crippen LogP contribution in [0.5, 0.6) is 5.75 Å². The summed E-state index contributed by atoms with van der Waals surface area (Å²) in [5, 5.41) is 11.3. The van der Waals surface area contributed by atoms with Crippen LogP contribution in [0.25, 0.3) is 6.08 Å². The van der Waals surface area contributed by atoms with Crippen LogP contribution in [0.1, 0.15) is 12.5 Å². The monoisotopic (exact) mass is 353 g/mol. The average Bonchev–Trinajstić information content (AvgIpc) is 2.45. The van der Waals surface area contributed by atoms with E-state index in [1.807, 2.05) is 0 Å². The van der Waals surface area contributed by atoms with E-state index in [-0.39, 0.29) is 5.91 Å². The number of ether oxygens (including phenoxy) is 1. The number of benzene rings is 1. The minimum Gasteiger partial charge on any atom is -0.479 e. The second-order valence-corrected chi connectivity index (χ2v) is 4.98. The number of carboxylic acids is 1. The van der Waals surface area contributed by atoms with Gasteiger partial charge in [0.25, 0.3) is 5.91 Å². The zero-order valence-electron chi connectivity index (χ0n) is 11.5. The van der Waals surface area contributed by atoms with Crippen molar-refractivity contribution in [3.63, 3.8) is 0 Å². The Morgan fingerprint density at radius 3 is 2.86 bits per heavy atom. The molecule has 0 aromatic heterocycles. The zero-order valence-corrected chi connectivity index (χ0v) is 13.1. The Kier molecular flexibility index (Phi) is 6.68. The molecule has 1 atom stereocenters. The third-order valence-electron chi connectivity index (χ3n) is 2.49. The molecule has 0 bridgehead atoms. The van der Waals surface area contributed by atoms with Gasteiger partial charge in [-0.05, 0) is 35.0 Å². The van der Waals surface area contributed by atoms with Crippen LogP contribution < -0.4 is 10.1 Å². The molecule has 2 N–H and O–H groups in total. The Bertz CT molecular complexity index is 569. The summed E-state index contributed by atoms with van der Waals surface area (Å²) in [6.07, 6.45) is 3.28. The van der Waals surface area contributed by atoms with E-state index in [0.717, 1.165) is 6.08 Å². The van der Waals surface area contributed by atoms with Gasteiger partial charge in [0.2, 0.25) is 0 Å². The first-order valence-corrected chi connectivity index (χ1v) is 6.99. The molecule has 0 spiro atoms. The molecule has 0 aliphatic carbocycles. The molecule has 1 aromatic carbocycles. The predicted molar refractivity (Wildman–Crippen MR) is 84.1 cm³/mol. The Morgan fingerprint density at radius 2 is 2.24 bits per heavy atom. The fraction of sp³-hybridized carbons (Fsp3) is 0.200. The second kappa shape index (κ2) is 8.26. The van der Waals surface area contributed by atoms with E-state index in [4.69, 9.17) is 9.84 Å². The summed E-state index contributed by atoms with van der Waals surface area (Å²) in [6.45, 7) is 5.49. The third kappa shape index (κ3) is 5.43. The maximum Gasteiger partial charge on any atom is 0.328 e. The standard InChI is InChI=1S/C15H16BrNO4/c1-3-9-17-15(20)10(2)21-14-11(7-8-13(18)19)5-4-6-12(14)16/h3-8,10H,1,9H2,2H3,(H,17,20)(H,18,19). The predicted octanol–water partition coefficient (Wildman–Crippen LogP) is 2.62. The SMILES string of the molecule is C=CCNC(=O)C(C)Oc1c(Br)cccc1C=CC(=O)O. The molecule has 112 valence electrons. The third-order valence-corrected chi connectivity index (χ3v) is 3.11. The molecule has 1 rings (SSSR count). The molecular weight excluding hydrogens is 338 g/mol. The molecule has 0 fully saturated rings. The molecule has 0 saturated heterocycles. The smallest absolute Gasteiger partial charge is 0.328 e. The fourth-order valence-electron chi connectivity index (χ4n) is 1.49. The Balaban J connectivity index is 2.93. The van der Waals surface area contributed by atoms with Crippen LogP contribution in [-0.2, 0) is 9.59 Å². The summed E-state index contributed by atoms with van der Waals surface area (Å²) in [7, 11) is 0. The number of amides is 1. The molecule has 1 aromatic rings. The lowest BCUT2D eigenvalue weighted by molar-refractivity contribution is -0.131. The first kappa shape index (κ1) is 17.0. The van der Waals surface area contributed by atoms with Crippen LogP contribution in [0.15, 0.2) is 41.4 Å². The molecule has 6 heteroatoms. The highest BCUT2D eigenvalue weighted by Crippen LogP contribution is 2.31. The quantitative estimate of drug-likeness (QED) is 0.583. The maximum atomic E-state index is 11.8. The fourth-order valence-corrected chi connectivity index (χ4v) is 1.96. The molecule has 1 unspecified atom stereocenters. The van der Waals surface area contributed by atoms with Crippen LogP contribution >= 0.6 is 15.9 Å². The van der Waals surface area contributed by atoms with Crippen molar-refractivity contribution in [3.05, 3.63) is 47.0 Å². The van der Waals surface area contributed by atoms with Crippen LogP contribution in [0, 0.1) is 0 Å². The van der Waals surface area contributed by atoms with Crippen molar-refractivity contribution < 1.29 is 19.4 Å². The lowest BCUT2D eigenvalue weighted by atomic mass is 10.2. The van der Waals surface area contributed by atoms with E-state index in [2.05, 4.69) is 27.8 Å². The van der Waals surface area contributed by atoms with Crippen molar-refractivity contribution in [2.45, 2.75) is 13.0 Å². The van der Waals surface area contributed by atoms with E-state index < -0.39 is 12.1 Å². The average molecular weight is 354 g/mol. The molecule has 5 nitrogen and oxygen atoms in total. The number of para-hydroxylation sites is 1. The van der Waals surface area contributed by atoms with E-state index in [1.54, 1.807) is 31.2 Å². The minimum absolute atomic E-state index is 0.279. The minimum atomic E-state index is -1.06. The summed E-state index contributed by atoms with van der Waals surface area (Å²) in [6, 6.07) is 5.20. The summed E-state index contributed by atoms with van der Waals surface area (Å²) >= 11 is 3.33. The number of carbonyl (C=O) groups is 2. The number of hydrogen-bond acceptors (Lipinski definition) is 3. The number of carbonyl (C=O) groups excluding carboxylic acids is 1. The molecule has 21 heavy (non-hydrogen) atoms. The van der Waals surface area contributed by atoms with Gasteiger partial charge < -0.3 is 15.2 Å². The highest BCUT2D eigenvalue weighted by molar-refractivity contribution is 9.10. The van der Waals surface area contributed by atoms with Crippen LogP contribution in [0.3, 0.4) is 0 Å². The Hall–Kier alpha value is -2.08. The van der Waals surface area contributed by atoms with Crippen molar-refractivity contribution in [1.29, 1.82) is 0 Å². The van der Waals surface area contributed by atoms with Gasteiger partial charge >= 0.3 is 5.97 Å². The Morgan fingerprint density at radius 1 is 1.52 bits per heavy atom. The largest absolute Gasteiger partial charge is 0.479 e. The van der Waals surface area contributed by atoms with Gasteiger partial charge in [-0.2, -0.15) is 0 Å². The van der Waals surface area contributed by atoms with Gasteiger partial charge in [-0.1, -0.05) is 18.2 Å². The maximum absolute atomic E-state index is 11.8. The first-order valence-electron chi connectivity index (χ1n) is 6.20. The van der Waals surface area contributed by atoms with Gasteiger partial charge in [-0.3, -0.25) is 4.79 Å². The molecule has 0 saturated carbocycles. The first-order chi connectivity index (χ1) is 9.95. The number of aliphatic carboxylic acids is 1. The highest BCUT2D eigenvalue weighted by Gasteiger charge is 2.17. The van der Waals surface area contributed by atoms with E-state index in [0.29, 0.717) is 22.3 Å². The number of carboxylic acid groups (broad SMARTS) is 1. The topological polar surface area (TPSA) is 75.6 Å². The summed E-state index contributed by atoms with van der Waals surface area (Å²) in [5.74, 6) is -0.923. The number of hydrogen-bond donors (Lipinski definition) is 2. The van der Waals surface area contributed by atoms with Gasteiger partial charge in [0.15, 0.2) is 6.10 Å². The molecule has 0 aliphatic rings. The molecular formula is C15H16BrNO4. The van der Waals surface area contributed by atoms with Crippen molar-refractivity contribution in [2.75, 3.05) is 6.54 Å². The van der Waals surface area contributed by atoms with Gasteiger partial charge in [0, 0.05) is 18.2 Å². The summed E-state index contributed by atoms with van der Waals surface area (Å²) in [4.78, 5) is 22.4. The van der Waals surface area contributed by atoms with Gasteiger partial charge in [-0.25, -0.2) is 4.79 Å².